The van der Waals surface area contributed by atoms with E-state index in [1.807, 2.05) is 6.07 Å². The Labute approximate surface area is 180 Å². The van der Waals surface area contributed by atoms with Crippen LogP contribution in [-0.2, 0) is 16.1 Å². The summed E-state index contributed by atoms with van der Waals surface area (Å²) < 4.78 is 15.8. The molecule has 0 spiro atoms. The molecule has 0 N–H and O–H groups in total. The lowest BCUT2D eigenvalue weighted by Gasteiger charge is -2.27. The van der Waals surface area contributed by atoms with Gasteiger partial charge in [-0.15, -0.1) is 0 Å². The van der Waals surface area contributed by atoms with Crippen molar-refractivity contribution in [1.29, 1.82) is 5.26 Å². The number of methoxy groups -OCH3 is 3. The van der Waals surface area contributed by atoms with Crippen molar-refractivity contribution in [1.82, 2.24) is 4.90 Å². The largest absolute Gasteiger partial charge is 0.497 e. The summed E-state index contributed by atoms with van der Waals surface area (Å²) in [5, 5.41) is 9.57. The smallest absolute Gasteiger partial charge is 0.271 e. The fourth-order valence-corrected chi connectivity index (χ4v) is 3.28. The third-order valence-corrected chi connectivity index (χ3v) is 5.07. The van der Waals surface area contributed by atoms with Gasteiger partial charge in [-0.25, -0.2) is 0 Å². The maximum atomic E-state index is 13.3. The number of amides is 2. The minimum Gasteiger partial charge on any atom is -0.497 e. The van der Waals surface area contributed by atoms with E-state index in [2.05, 4.69) is 0 Å². The second-order valence-electron chi connectivity index (χ2n) is 6.82. The molecular weight excluding hydrogens is 396 g/mol. The first-order valence-electron chi connectivity index (χ1n) is 9.47. The predicted molar refractivity (Wildman–Crippen MR) is 114 cm³/mol. The van der Waals surface area contributed by atoms with Gasteiger partial charge in [-0.2, -0.15) is 5.26 Å². The first-order chi connectivity index (χ1) is 14.9. The van der Waals surface area contributed by atoms with Gasteiger partial charge in [-0.1, -0.05) is 12.1 Å². The molecule has 1 aliphatic rings. The molecule has 0 saturated heterocycles. The topological polar surface area (TPSA) is 88.9 Å². The summed E-state index contributed by atoms with van der Waals surface area (Å²) in [5.41, 5.74) is 1.89. The normalized spacial score (nSPS) is 15.2. The van der Waals surface area contributed by atoms with Crippen LogP contribution in [0.3, 0.4) is 0 Å². The molecule has 0 unspecified atom stereocenters. The van der Waals surface area contributed by atoms with Crippen molar-refractivity contribution in [3.05, 3.63) is 70.3 Å². The van der Waals surface area contributed by atoms with Crippen LogP contribution in [0.2, 0.25) is 0 Å². The molecular formula is C24H22N2O5. The molecule has 7 heteroatoms. The SMILES string of the molecule is COc1ccc(CN2C(=O)C(C#N)=C(C)/C(=C\c3ccc(OC)cc3OC)C2=O)cc1. The molecule has 31 heavy (non-hydrogen) atoms. The lowest BCUT2D eigenvalue weighted by atomic mass is 9.93. The number of benzene rings is 2. The minimum atomic E-state index is -0.611. The van der Waals surface area contributed by atoms with E-state index in [4.69, 9.17) is 14.2 Å². The molecule has 0 atom stereocenters. The van der Waals surface area contributed by atoms with E-state index in [9.17, 15) is 14.9 Å². The van der Waals surface area contributed by atoms with Gasteiger partial charge in [0.25, 0.3) is 11.8 Å². The zero-order chi connectivity index (χ0) is 22.5. The molecule has 1 aliphatic heterocycles. The number of hydrogen-bond acceptors (Lipinski definition) is 6. The standard InChI is InChI=1S/C24H22N2O5/c1-15-20(11-17-7-10-19(30-3)12-22(17)31-4)23(27)26(24(28)21(15)13-25)14-16-5-8-18(29-2)9-6-16/h5-12H,14H2,1-4H3/b20-11+. The van der Waals surface area contributed by atoms with Gasteiger partial charge in [0, 0.05) is 17.2 Å². The zero-order valence-corrected chi connectivity index (χ0v) is 17.8. The number of nitrogens with zero attached hydrogens (tertiary/aromatic N) is 2. The number of hydrogen-bond donors (Lipinski definition) is 0. The highest BCUT2D eigenvalue weighted by molar-refractivity contribution is 6.19. The highest BCUT2D eigenvalue weighted by Crippen LogP contribution is 2.32. The lowest BCUT2D eigenvalue weighted by Crippen LogP contribution is -2.42. The van der Waals surface area contributed by atoms with E-state index >= 15 is 0 Å². The van der Waals surface area contributed by atoms with E-state index in [1.165, 1.54) is 7.11 Å². The molecule has 2 aromatic carbocycles. The number of nitriles is 1. The van der Waals surface area contributed by atoms with Crippen molar-refractivity contribution in [3.8, 4) is 23.3 Å². The maximum absolute atomic E-state index is 13.3. The van der Waals surface area contributed by atoms with Gasteiger partial charge < -0.3 is 14.2 Å². The second-order valence-corrected chi connectivity index (χ2v) is 6.82. The first kappa shape index (κ1) is 21.7. The molecule has 2 aromatic rings. The maximum Gasteiger partial charge on any atom is 0.271 e. The van der Waals surface area contributed by atoms with Crippen molar-refractivity contribution < 1.29 is 23.8 Å². The number of imide groups is 1. The van der Waals surface area contributed by atoms with E-state index in [-0.39, 0.29) is 17.7 Å². The third-order valence-electron chi connectivity index (χ3n) is 5.07. The van der Waals surface area contributed by atoms with Crippen LogP contribution in [0.5, 0.6) is 17.2 Å². The van der Waals surface area contributed by atoms with Crippen LogP contribution < -0.4 is 14.2 Å². The van der Waals surface area contributed by atoms with Crippen molar-refractivity contribution in [2.24, 2.45) is 0 Å². The van der Waals surface area contributed by atoms with E-state index in [1.54, 1.807) is 69.7 Å². The molecule has 0 fully saturated rings. The Balaban J connectivity index is 2.04. The highest BCUT2D eigenvalue weighted by Gasteiger charge is 2.35. The van der Waals surface area contributed by atoms with Gasteiger partial charge in [0.05, 0.1) is 27.9 Å². The van der Waals surface area contributed by atoms with E-state index in [0.717, 1.165) is 10.5 Å². The van der Waals surface area contributed by atoms with Gasteiger partial charge in [0.2, 0.25) is 0 Å². The lowest BCUT2D eigenvalue weighted by molar-refractivity contribution is -0.141. The molecule has 0 bridgehead atoms. The third kappa shape index (κ3) is 4.28. The monoisotopic (exact) mass is 418 g/mol. The Morgan fingerprint density at radius 3 is 2.16 bits per heavy atom. The Morgan fingerprint density at radius 2 is 1.58 bits per heavy atom. The molecule has 0 radical (unpaired) electrons. The van der Waals surface area contributed by atoms with Crippen LogP contribution in [0.1, 0.15) is 18.1 Å². The number of carbonyl (C=O) groups is 2. The second kappa shape index (κ2) is 9.18. The number of carbonyl (C=O) groups excluding carboxylic acids is 2. The molecule has 0 saturated carbocycles. The average molecular weight is 418 g/mol. The number of ether oxygens (including phenoxy) is 3. The number of rotatable bonds is 6. The van der Waals surface area contributed by atoms with Gasteiger partial charge in [0.15, 0.2) is 0 Å². The Kier molecular flexibility index (Phi) is 6.41. The van der Waals surface area contributed by atoms with Gasteiger partial charge in [-0.3, -0.25) is 14.5 Å². The Hall–Kier alpha value is -4.05. The first-order valence-corrected chi connectivity index (χ1v) is 9.47. The summed E-state index contributed by atoms with van der Waals surface area (Å²) in [4.78, 5) is 27.2. The van der Waals surface area contributed by atoms with E-state index in [0.29, 0.717) is 28.4 Å². The van der Waals surface area contributed by atoms with Crippen LogP contribution in [0.25, 0.3) is 6.08 Å². The van der Waals surface area contributed by atoms with Crippen LogP contribution in [0.4, 0.5) is 0 Å². The summed E-state index contributed by atoms with van der Waals surface area (Å²) in [6.07, 6.45) is 1.63. The van der Waals surface area contributed by atoms with Gasteiger partial charge in [0.1, 0.15) is 28.9 Å². The Morgan fingerprint density at radius 1 is 0.935 bits per heavy atom. The predicted octanol–water partition coefficient (Wildman–Crippen LogP) is 3.50. The fraction of sp³-hybridized carbons (Fsp3) is 0.208. The summed E-state index contributed by atoms with van der Waals surface area (Å²) in [6, 6.07) is 14.2. The van der Waals surface area contributed by atoms with Crippen molar-refractivity contribution >= 4 is 17.9 Å². The molecule has 7 nitrogen and oxygen atoms in total. The molecule has 3 rings (SSSR count). The van der Waals surface area contributed by atoms with Crippen molar-refractivity contribution in [3.63, 3.8) is 0 Å². The average Bonchev–Trinajstić information content (AvgIpc) is 2.80. The molecule has 2 amide bonds. The van der Waals surface area contributed by atoms with Gasteiger partial charge in [-0.05, 0) is 48.4 Å². The molecule has 158 valence electrons. The van der Waals surface area contributed by atoms with Crippen LogP contribution in [0.15, 0.2) is 59.2 Å². The minimum absolute atomic E-state index is 0.0389. The van der Waals surface area contributed by atoms with Crippen LogP contribution in [0, 0.1) is 11.3 Å². The summed E-state index contributed by atoms with van der Waals surface area (Å²) in [6.45, 7) is 1.64. The highest BCUT2D eigenvalue weighted by atomic mass is 16.5. The summed E-state index contributed by atoms with van der Waals surface area (Å²) in [5.74, 6) is 0.690. The molecule has 0 aliphatic carbocycles. The molecule has 0 aromatic heterocycles. The van der Waals surface area contributed by atoms with Crippen LogP contribution >= 0.6 is 0 Å². The zero-order valence-electron chi connectivity index (χ0n) is 17.8. The van der Waals surface area contributed by atoms with Crippen molar-refractivity contribution in [2.75, 3.05) is 21.3 Å². The quantitative estimate of drug-likeness (QED) is 0.527. The van der Waals surface area contributed by atoms with Crippen molar-refractivity contribution in [2.45, 2.75) is 13.5 Å². The van der Waals surface area contributed by atoms with E-state index < -0.39 is 11.8 Å². The Bertz CT molecular complexity index is 1120. The summed E-state index contributed by atoms with van der Waals surface area (Å²) in [7, 11) is 4.62. The van der Waals surface area contributed by atoms with Gasteiger partial charge >= 0.3 is 0 Å². The van der Waals surface area contributed by atoms with Crippen LogP contribution in [-0.4, -0.2) is 38.0 Å². The summed E-state index contributed by atoms with van der Waals surface area (Å²) >= 11 is 0. The fourth-order valence-electron chi connectivity index (χ4n) is 3.28. The molecule has 1 heterocycles.